The highest BCUT2D eigenvalue weighted by Crippen LogP contribution is 2.28. The van der Waals surface area contributed by atoms with Crippen molar-refractivity contribution in [3.8, 4) is 5.88 Å². The number of pyridine rings is 1. The second kappa shape index (κ2) is 3.78. The third kappa shape index (κ3) is 2.88. The molecule has 1 rings (SSSR count). The summed E-state index contributed by atoms with van der Waals surface area (Å²) in [6.07, 6.45) is -4.95. The zero-order valence-electron chi connectivity index (χ0n) is 6.20. The van der Waals surface area contributed by atoms with Gasteiger partial charge in [0.2, 0.25) is 5.88 Å². The SMILES string of the molecule is Fc1cc(OC(F)(F)F)nc(Cl)c1Cl. The maximum absolute atomic E-state index is 12.7. The molecule has 0 amide bonds. The van der Waals surface area contributed by atoms with Gasteiger partial charge < -0.3 is 4.74 Å². The Labute approximate surface area is 85.4 Å². The minimum absolute atomic E-state index is 0.391. The van der Waals surface area contributed by atoms with E-state index in [0.29, 0.717) is 6.07 Å². The smallest absolute Gasteiger partial charge is 0.388 e. The molecule has 0 aliphatic carbocycles. The van der Waals surface area contributed by atoms with Crippen LogP contribution in [0.15, 0.2) is 6.07 Å². The normalized spacial score (nSPS) is 11.6. The van der Waals surface area contributed by atoms with Gasteiger partial charge in [0.25, 0.3) is 0 Å². The summed E-state index contributed by atoms with van der Waals surface area (Å²) in [6.45, 7) is 0. The topological polar surface area (TPSA) is 22.1 Å². The van der Waals surface area contributed by atoms with Crippen LogP contribution in [0.5, 0.6) is 5.88 Å². The molecule has 0 bridgehead atoms. The maximum atomic E-state index is 12.7. The molecule has 0 aliphatic rings. The first-order valence-electron chi connectivity index (χ1n) is 3.07. The maximum Gasteiger partial charge on any atom is 0.574 e. The van der Waals surface area contributed by atoms with Gasteiger partial charge >= 0.3 is 6.36 Å². The minimum atomic E-state index is -4.95. The lowest BCUT2D eigenvalue weighted by Crippen LogP contribution is -2.18. The zero-order valence-corrected chi connectivity index (χ0v) is 7.71. The van der Waals surface area contributed by atoms with E-state index in [2.05, 4.69) is 9.72 Å². The Balaban J connectivity index is 3.02. The van der Waals surface area contributed by atoms with Gasteiger partial charge in [-0.1, -0.05) is 23.2 Å². The van der Waals surface area contributed by atoms with Crippen LogP contribution in [-0.4, -0.2) is 11.3 Å². The molecule has 0 radical (unpaired) electrons. The van der Waals surface area contributed by atoms with Crippen molar-refractivity contribution in [3.05, 3.63) is 22.1 Å². The van der Waals surface area contributed by atoms with Crippen molar-refractivity contribution >= 4 is 23.2 Å². The molecule has 2 nitrogen and oxygen atoms in total. The molecular weight excluding hydrogens is 249 g/mol. The Kier molecular flexibility index (Phi) is 3.06. The molecule has 78 valence electrons. The summed E-state index contributed by atoms with van der Waals surface area (Å²) in [6, 6.07) is 0.391. The first-order chi connectivity index (χ1) is 6.29. The zero-order chi connectivity index (χ0) is 10.9. The summed E-state index contributed by atoms with van der Waals surface area (Å²) in [7, 11) is 0. The summed E-state index contributed by atoms with van der Waals surface area (Å²) >= 11 is 10.4. The first-order valence-corrected chi connectivity index (χ1v) is 3.82. The molecule has 14 heavy (non-hydrogen) atoms. The quantitative estimate of drug-likeness (QED) is 0.562. The molecule has 0 fully saturated rings. The number of alkyl halides is 3. The van der Waals surface area contributed by atoms with Gasteiger partial charge in [-0.2, -0.15) is 4.98 Å². The first kappa shape index (κ1) is 11.3. The Bertz CT molecular complexity index is 331. The molecule has 0 saturated carbocycles. The fourth-order valence-electron chi connectivity index (χ4n) is 0.619. The molecule has 0 aliphatic heterocycles. The largest absolute Gasteiger partial charge is 0.574 e. The summed E-state index contributed by atoms with van der Waals surface area (Å²) in [5, 5.41) is -1.15. The summed E-state index contributed by atoms with van der Waals surface area (Å²) in [4.78, 5) is 3.07. The summed E-state index contributed by atoms with van der Waals surface area (Å²) in [5.74, 6) is -2.13. The number of hydrogen-bond acceptors (Lipinski definition) is 2. The van der Waals surface area contributed by atoms with Crippen molar-refractivity contribution < 1.29 is 22.3 Å². The van der Waals surface area contributed by atoms with Crippen molar-refractivity contribution in [1.29, 1.82) is 0 Å². The van der Waals surface area contributed by atoms with Gasteiger partial charge in [0.05, 0.1) is 0 Å². The predicted molar refractivity (Wildman–Crippen MR) is 40.9 cm³/mol. The van der Waals surface area contributed by atoms with E-state index in [1.165, 1.54) is 0 Å². The average Bonchev–Trinajstić information content (AvgIpc) is 1.96. The monoisotopic (exact) mass is 249 g/mol. The molecule has 0 N–H and O–H groups in total. The van der Waals surface area contributed by atoms with Gasteiger partial charge in [0.15, 0.2) is 5.15 Å². The van der Waals surface area contributed by atoms with Gasteiger partial charge in [0.1, 0.15) is 10.8 Å². The second-order valence-electron chi connectivity index (χ2n) is 2.09. The molecular formula is C6HCl2F4NO. The minimum Gasteiger partial charge on any atom is -0.388 e. The summed E-state index contributed by atoms with van der Waals surface area (Å²) in [5.41, 5.74) is 0. The number of halogens is 6. The van der Waals surface area contributed by atoms with Crippen molar-refractivity contribution in [3.63, 3.8) is 0 Å². The molecule has 0 spiro atoms. The highest BCUT2D eigenvalue weighted by atomic mass is 35.5. The van der Waals surface area contributed by atoms with Crippen LogP contribution < -0.4 is 4.74 Å². The fraction of sp³-hybridized carbons (Fsp3) is 0.167. The van der Waals surface area contributed by atoms with Crippen LogP contribution in [0.1, 0.15) is 0 Å². The molecule has 0 unspecified atom stereocenters. The van der Waals surface area contributed by atoms with E-state index in [4.69, 9.17) is 23.2 Å². The molecule has 1 aromatic heterocycles. The lowest BCUT2D eigenvalue weighted by atomic mass is 10.4. The number of nitrogens with zero attached hydrogens (tertiary/aromatic N) is 1. The van der Waals surface area contributed by atoms with Gasteiger partial charge in [0, 0.05) is 6.07 Å². The molecule has 1 heterocycles. The highest BCUT2D eigenvalue weighted by molar-refractivity contribution is 6.41. The molecule has 0 atom stereocenters. The molecule has 1 aromatic rings. The third-order valence-corrected chi connectivity index (χ3v) is 1.80. The number of aromatic nitrogens is 1. The van der Waals surface area contributed by atoms with Crippen LogP contribution >= 0.6 is 23.2 Å². The molecule has 0 saturated heterocycles. The van der Waals surface area contributed by atoms with Crippen molar-refractivity contribution in [2.75, 3.05) is 0 Å². The fourth-order valence-corrected chi connectivity index (χ4v) is 0.890. The van der Waals surface area contributed by atoms with Gasteiger partial charge in [-0.25, -0.2) is 4.39 Å². The van der Waals surface area contributed by atoms with Crippen LogP contribution in [0, 0.1) is 5.82 Å². The van der Waals surface area contributed by atoms with E-state index in [1.54, 1.807) is 0 Å². The Morgan fingerprint density at radius 3 is 2.29 bits per heavy atom. The highest BCUT2D eigenvalue weighted by Gasteiger charge is 2.32. The van der Waals surface area contributed by atoms with Gasteiger partial charge in [-0.05, 0) is 0 Å². The number of ether oxygens (including phenoxy) is 1. The third-order valence-electron chi connectivity index (χ3n) is 1.07. The van der Waals surface area contributed by atoms with Crippen molar-refractivity contribution in [1.82, 2.24) is 4.98 Å². The van der Waals surface area contributed by atoms with Crippen molar-refractivity contribution in [2.24, 2.45) is 0 Å². The van der Waals surface area contributed by atoms with E-state index >= 15 is 0 Å². The standard InChI is InChI=1S/C6HCl2F4NO/c7-4-2(9)1-3(13-5(4)8)14-6(10,11)12/h1H. The van der Waals surface area contributed by atoms with E-state index in [9.17, 15) is 17.6 Å². The van der Waals surface area contributed by atoms with E-state index in [1.807, 2.05) is 0 Å². The number of hydrogen-bond donors (Lipinski definition) is 0. The van der Waals surface area contributed by atoms with Crippen LogP contribution in [0.3, 0.4) is 0 Å². The average molecular weight is 250 g/mol. The van der Waals surface area contributed by atoms with Crippen LogP contribution in [0.25, 0.3) is 0 Å². The Morgan fingerprint density at radius 1 is 1.29 bits per heavy atom. The van der Waals surface area contributed by atoms with E-state index in [0.717, 1.165) is 0 Å². The Hall–Kier alpha value is -0.750. The lowest BCUT2D eigenvalue weighted by Gasteiger charge is -2.08. The second-order valence-corrected chi connectivity index (χ2v) is 2.83. The molecule has 0 aromatic carbocycles. The molecule has 8 heteroatoms. The summed E-state index contributed by atoms with van der Waals surface area (Å²) < 4.78 is 51.0. The van der Waals surface area contributed by atoms with E-state index in [-0.39, 0.29) is 0 Å². The lowest BCUT2D eigenvalue weighted by molar-refractivity contribution is -0.276. The van der Waals surface area contributed by atoms with Gasteiger partial charge in [-0.3, -0.25) is 0 Å². The van der Waals surface area contributed by atoms with Crippen molar-refractivity contribution in [2.45, 2.75) is 6.36 Å². The van der Waals surface area contributed by atoms with Crippen LogP contribution in [0.4, 0.5) is 17.6 Å². The van der Waals surface area contributed by atoms with Crippen LogP contribution in [0.2, 0.25) is 10.2 Å². The van der Waals surface area contributed by atoms with E-state index < -0.39 is 28.2 Å². The number of rotatable bonds is 1. The van der Waals surface area contributed by atoms with Crippen LogP contribution in [-0.2, 0) is 0 Å². The Morgan fingerprint density at radius 2 is 1.86 bits per heavy atom. The van der Waals surface area contributed by atoms with Gasteiger partial charge in [-0.15, -0.1) is 13.2 Å². The predicted octanol–water partition coefficient (Wildman–Crippen LogP) is 3.43.